The molecule has 4 nitrogen and oxygen atoms in total. The molecule has 0 saturated heterocycles. The van der Waals surface area contributed by atoms with Gasteiger partial charge < -0.3 is 4.74 Å². The van der Waals surface area contributed by atoms with Crippen molar-refractivity contribution < 1.29 is 9.53 Å². The molecule has 0 heterocycles. The highest BCUT2D eigenvalue weighted by Crippen LogP contribution is 2.21. The molecule has 23 heavy (non-hydrogen) atoms. The minimum atomic E-state index is -0.256. The lowest BCUT2D eigenvalue weighted by Gasteiger charge is -2.07. The Morgan fingerprint density at radius 2 is 1.91 bits per heavy atom. The number of carbonyl (C=O) groups is 1. The normalized spacial score (nSPS) is 12.7. The maximum atomic E-state index is 11.8. The molecule has 118 valence electrons. The third-order valence-electron chi connectivity index (χ3n) is 3.75. The molecule has 2 aromatic carbocycles. The molecule has 0 bridgehead atoms. The van der Waals surface area contributed by atoms with Crippen LogP contribution in [0.2, 0.25) is 0 Å². The van der Waals surface area contributed by atoms with E-state index in [-0.39, 0.29) is 12.5 Å². The minimum Gasteiger partial charge on any atom is -0.484 e. The summed E-state index contributed by atoms with van der Waals surface area (Å²) in [6.07, 6.45) is 1.59. The van der Waals surface area contributed by atoms with Crippen molar-refractivity contribution in [2.75, 3.05) is 6.61 Å². The maximum Gasteiger partial charge on any atom is 0.277 e. The Morgan fingerprint density at radius 1 is 1.22 bits per heavy atom. The smallest absolute Gasteiger partial charge is 0.277 e. The van der Waals surface area contributed by atoms with Crippen molar-refractivity contribution in [3.8, 4) is 5.75 Å². The molecule has 0 fully saturated rings. The molecule has 1 aliphatic carbocycles. The third kappa shape index (κ3) is 3.99. The van der Waals surface area contributed by atoms with E-state index >= 15 is 0 Å². The average molecular weight is 373 g/mol. The Morgan fingerprint density at radius 3 is 2.57 bits per heavy atom. The summed E-state index contributed by atoms with van der Waals surface area (Å²) in [7, 11) is 0. The lowest BCUT2D eigenvalue weighted by atomic mass is 10.1. The second-order valence-corrected chi connectivity index (χ2v) is 6.39. The van der Waals surface area contributed by atoms with Gasteiger partial charge in [0.15, 0.2) is 6.61 Å². The highest BCUT2D eigenvalue weighted by Gasteiger charge is 2.16. The van der Waals surface area contributed by atoms with Crippen LogP contribution in [0.25, 0.3) is 0 Å². The van der Waals surface area contributed by atoms with Crippen LogP contribution in [-0.2, 0) is 17.6 Å². The number of hydrazone groups is 1. The first kappa shape index (κ1) is 15.7. The van der Waals surface area contributed by atoms with Crippen LogP contribution in [0.3, 0.4) is 0 Å². The number of nitrogens with zero attached hydrogens (tertiary/aromatic N) is 1. The number of fused-ring (bicyclic) bond motifs is 1. The average Bonchev–Trinajstić information content (AvgIpc) is 2.97. The van der Waals surface area contributed by atoms with Crippen molar-refractivity contribution in [3.05, 3.63) is 63.6 Å². The summed E-state index contributed by atoms with van der Waals surface area (Å²) in [5.41, 5.74) is 7.16. The fourth-order valence-electron chi connectivity index (χ4n) is 2.51. The van der Waals surface area contributed by atoms with Crippen molar-refractivity contribution in [1.82, 2.24) is 5.43 Å². The van der Waals surface area contributed by atoms with E-state index in [0.717, 1.165) is 28.6 Å². The monoisotopic (exact) mass is 372 g/mol. The molecular weight excluding hydrogens is 356 g/mol. The number of rotatable bonds is 4. The summed E-state index contributed by atoms with van der Waals surface area (Å²) in [5.74, 6) is 0.413. The Bertz CT molecular complexity index is 744. The van der Waals surface area contributed by atoms with E-state index in [4.69, 9.17) is 4.74 Å². The predicted molar refractivity (Wildman–Crippen MR) is 93.8 cm³/mol. The Balaban J connectivity index is 1.50. The zero-order chi connectivity index (χ0) is 16.2. The molecule has 0 radical (unpaired) electrons. The summed E-state index contributed by atoms with van der Waals surface area (Å²) < 4.78 is 6.49. The first-order valence-corrected chi connectivity index (χ1v) is 8.21. The fraction of sp³-hybridized carbons (Fsp3) is 0.222. The Labute approximate surface area is 143 Å². The van der Waals surface area contributed by atoms with Crippen LogP contribution in [-0.4, -0.2) is 18.2 Å². The van der Waals surface area contributed by atoms with Crippen LogP contribution >= 0.6 is 15.9 Å². The van der Waals surface area contributed by atoms with E-state index in [9.17, 15) is 4.79 Å². The van der Waals surface area contributed by atoms with Crippen molar-refractivity contribution in [2.24, 2.45) is 5.10 Å². The second-order valence-electron chi connectivity index (χ2n) is 5.53. The molecule has 0 atom stereocenters. The van der Waals surface area contributed by atoms with Gasteiger partial charge in [0.1, 0.15) is 5.75 Å². The first-order chi connectivity index (χ1) is 11.1. The van der Waals surface area contributed by atoms with Crippen molar-refractivity contribution in [3.63, 3.8) is 0 Å². The maximum absolute atomic E-state index is 11.8. The number of hydrogen-bond donors (Lipinski definition) is 1. The summed E-state index contributed by atoms with van der Waals surface area (Å²) in [4.78, 5) is 11.8. The molecule has 1 aliphatic rings. The number of hydrogen-bond acceptors (Lipinski definition) is 3. The summed E-state index contributed by atoms with van der Waals surface area (Å²) >= 11 is 3.43. The van der Waals surface area contributed by atoms with E-state index in [0.29, 0.717) is 5.75 Å². The van der Waals surface area contributed by atoms with E-state index in [2.05, 4.69) is 38.6 Å². The number of halogens is 1. The van der Waals surface area contributed by atoms with Gasteiger partial charge in [-0.25, -0.2) is 5.43 Å². The lowest BCUT2D eigenvalue weighted by Crippen LogP contribution is -2.26. The predicted octanol–water partition coefficient (Wildman–Crippen LogP) is 3.41. The fourth-order valence-corrected chi connectivity index (χ4v) is 2.76. The zero-order valence-electron chi connectivity index (χ0n) is 12.8. The van der Waals surface area contributed by atoms with Gasteiger partial charge in [0.05, 0.1) is 0 Å². The van der Waals surface area contributed by atoms with Gasteiger partial charge in [0.2, 0.25) is 0 Å². The molecule has 1 N–H and O–H groups in total. The molecule has 0 saturated carbocycles. The number of amides is 1. The lowest BCUT2D eigenvalue weighted by molar-refractivity contribution is -0.123. The molecule has 0 unspecified atom stereocenters. The van der Waals surface area contributed by atoms with Crippen LogP contribution in [0.5, 0.6) is 5.75 Å². The molecule has 3 rings (SSSR count). The third-order valence-corrected chi connectivity index (χ3v) is 4.64. The molecule has 2 aromatic rings. The van der Waals surface area contributed by atoms with Gasteiger partial charge in [-0.05, 0) is 41.8 Å². The van der Waals surface area contributed by atoms with E-state index in [1.165, 1.54) is 11.1 Å². The van der Waals surface area contributed by atoms with Crippen LogP contribution in [0.1, 0.15) is 16.7 Å². The molecule has 0 spiro atoms. The van der Waals surface area contributed by atoms with Gasteiger partial charge in [0.25, 0.3) is 5.91 Å². The number of aryl methyl sites for hydroxylation is 1. The minimum absolute atomic E-state index is 0.0508. The SMILES string of the molecule is Cc1cc(OCC(=O)NN=C2Cc3ccccc3C2)ccc1Br. The largest absolute Gasteiger partial charge is 0.484 e. The molecular formula is C18H17BrN2O2. The second kappa shape index (κ2) is 6.96. The van der Waals surface area contributed by atoms with E-state index in [1.807, 2.05) is 37.3 Å². The van der Waals surface area contributed by atoms with Gasteiger partial charge in [-0.15, -0.1) is 0 Å². The number of benzene rings is 2. The highest BCUT2D eigenvalue weighted by molar-refractivity contribution is 9.10. The summed E-state index contributed by atoms with van der Waals surface area (Å²) in [6, 6.07) is 13.8. The van der Waals surface area contributed by atoms with Crippen LogP contribution in [0, 0.1) is 6.92 Å². The number of ether oxygens (including phenoxy) is 1. The van der Waals surface area contributed by atoms with E-state index in [1.54, 1.807) is 0 Å². The van der Waals surface area contributed by atoms with E-state index < -0.39 is 0 Å². The van der Waals surface area contributed by atoms with Gasteiger partial charge >= 0.3 is 0 Å². The van der Waals surface area contributed by atoms with Crippen LogP contribution in [0.15, 0.2) is 52.0 Å². The van der Waals surface area contributed by atoms with Gasteiger partial charge in [-0.3, -0.25) is 4.79 Å². The van der Waals surface area contributed by atoms with Crippen molar-refractivity contribution in [1.29, 1.82) is 0 Å². The molecule has 0 aliphatic heterocycles. The Hall–Kier alpha value is -2.14. The van der Waals surface area contributed by atoms with Crippen LogP contribution in [0.4, 0.5) is 0 Å². The number of nitrogens with one attached hydrogen (secondary N) is 1. The van der Waals surface area contributed by atoms with Gasteiger partial charge in [-0.1, -0.05) is 40.2 Å². The standard InChI is InChI=1S/C18H17BrN2O2/c1-12-8-16(6-7-17(12)19)23-11-18(22)21-20-15-9-13-4-2-3-5-14(13)10-15/h2-8H,9-11H2,1H3,(H,21,22). The number of carbonyl (C=O) groups excluding carboxylic acids is 1. The zero-order valence-corrected chi connectivity index (χ0v) is 14.4. The molecule has 5 heteroatoms. The topological polar surface area (TPSA) is 50.7 Å². The van der Waals surface area contributed by atoms with Gasteiger partial charge in [0, 0.05) is 23.0 Å². The first-order valence-electron chi connectivity index (χ1n) is 7.42. The van der Waals surface area contributed by atoms with Crippen molar-refractivity contribution >= 4 is 27.5 Å². The van der Waals surface area contributed by atoms with Crippen molar-refractivity contribution in [2.45, 2.75) is 19.8 Å². The Kier molecular flexibility index (Phi) is 4.76. The highest BCUT2D eigenvalue weighted by atomic mass is 79.9. The summed E-state index contributed by atoms with van der Waals surface area (Å²) in [6.45, 7) is 1.92. The van der Waals surface area contributed by atoms with Gasteiger partial charge in [-0.2, -0.15) is 5.10 Å². The summed E-state index contributed by atoms with van der Waals surface area (Å²) in [5, 5.41) is 4.21. The quantitative estimate of drug-likeness (QED) is 0.836. The van der Waals surface area contributed by atoms with Crippen LogP contribution < -0.4 is 10.2 Å². The molecule has 0 aromatic heterocycles. The molecule has 1 amide bonds.